The maximum absolute atomic E-state index is 12.9. The van der Waals surface area contributed by atoms with Gasteiger partial charge in [-0.05, 0) is 38.8 Å². The number of ketones is 1. The first-order valence-electron chi connectivity index (χ1n) is 12.3. The molecule has 0 unspecified atom stereocenters. The fourth-order valence-corrected chi connectivity index (χ4v) is 4.82. The molecule has 0 aromatic carbocycles. The molecule has 5 heterocycles. The largest absolute Gasteiger partial charge is 0.395 e. The summed E-state index contributed by atoms with van der Waals surface area (Å²) in [6.07, 6.45) is 7.43. The molecule has 1 saturated heterocycles. The van der Waals surface area contributed by atoms with Gasteiger partial charge in [-0.1, -0.05) is 0 Å². The minimum absolute atomic E-state index is 0.115. The van der Waals surface area contributed by atoms with Crippen molar-refractivity contribution in [3.8, 4) is 16.9 Å². The van der Waals surface area contributed by atoms with Crippen LogP contribution in [-0.4, -0.2) is 87.5 Å². The van der Waals surface area contributed by atoms with Crippen LogP contribution in [0.5, 0.6) is 0 Å². The quantitative estimate of drug-likeness (QED) is 0.297. The summed E-state index contributed by atoms with van der Waals surface area (Å²) in [5.41, 5.74) is 8.11. The number of nitrogens with zero attached hydrogens (tertiary/aromatic N) is 8. The zero-order chi connectivity index (χ0) is 27.0. The molecule has 0 bridgehead atoms. The second kappa shape index (κ2) is 9.91. The van der Waals surface area contributed by atoms with E-state index in [1.165, 1.54) is 17.8 Å². The third-order valence-electron chi connectivity index (χ3n) is 7.16. The number of fused-ring (bicyclic) bond motifs is 1. The molecule has 4 aromatic heterocycles. The van der Waals surface area contributed by atoms with Gasteiger partial charge in [-0.2, -0.15) is 14.7 Å². The van der Waals surface area contributed by atoms with Gasteiger partial charge in [0.2, 0.25) is 5.91 Å². The molecule has 0 spiro atoms. The molecule has 198 valence electrons. The maximum atomic E-state index is 12.9. The lowest BCUT2D eigenvalue weighted by molar-refractivity contribution is -0.147. The number of aliphatic hydroxyl groups excluding tert-OH is 2. The van der Waals surface area contributed by atoms with Crippen molar-refractivity contribution in [2.24, 2.45) is 5.41 Å². The molecule has 0 radical (unpaired) electrons. The van der Waals surface area contributed by atoms with Gasteiger partial charge in [0.15, 0.2) is 17.2 Å². The second-order valence-corrected chi connectivity index (χ2v) is 9.80. The lowest BCUT2D eigenvalue weighted by Crippen LogP contribution is -2.49. The molecule has 4 aromatic rings. The van der Waals surface area contributed by atoms with E-state index in [4.69, 9.17) is 10.7 Å². The molecular formula is C25H29N9O4. The monoisotopic (exact) mass is 519 g/mol. The van der Waals surface area contributed by atoms with Crippen LogP contribution >= 0.6 is 0 Å². The molecule has 1 fully saturated rings. The molecular weight excluding hydrogens is 490 g/mol. The number of amides is 1. The number of aromatic nitrogens is 7. The predicted molar refractivity (Wildman–Crippen MR) is 136 cm³/mol. The van der Waals surface area contributed by atoms with Crippen molar-refractivity contribution < 1.29 is 19.8 Å². The second-order valence-electron chi connectivity index (χ2n) is 9.80. The Morgan fingerprint density at radius 2 is 1.87 bits per heavy atom. The van der Waals surface area contributed by atoms with E-state index in [-0.39, 0.29) is 23.4 Å². The van der Waals surface area contributed by atoms with Gasteiger partial charge in [0.05, 0.1) is 36.1 Å². The highest BCUT2D eigenvalue weighted by Gasteiger charge is 2.38. The maximum Gasteiger partial charge on any atom is 0.233 e. The molecule has 38 heavy (non-hydrogen) atoms. The number of nitrogens with two attached hydrogens (primary N) is 1. The van der Waals surface area contributed by atoms with Crippen molar-refractivity contribution in [3.63, 3.8) is 0 Å². The van der Waals surface area contributed by atoms with Crippen LogP contribution in [0.4, 0.5) is 5.82 Å². The van der Waals surface area contributed by atoms with Gasteiger partial charge in [0.1, 0.15) is 18.5 Å². The third kappa shape index (κ3) is 4.29. The van der Waals surface area contributed by atoms with E-state index in [1.54, 1.807) is 41.3 Å². The van der Waals surface area contributed by atoms with Crippen LogP contribution in [0.2, 0.25) is 0 Å². The summed E-state index contributed by atoms with van der Waals surface area (Å²) < 4.78 is 3.02. The number of Topliss-reactive ketones (excluding diaryl/α,β-unsaturated/α-hetero) is 1. The number of aliphatic hydroxyl groups is 2. The molecule has 0 saturated carbocycles. The van der Waals surface area contributed by atoms with Gasteiger partial charge in [0, 0.05) is 36.3 Å². The van der Waals surface area contributed by atoms with Crippen molar-refractivity contribution in [2.45, 2.75) is 32.6 Å². The first-order valence-corrected chi connectivity index (χ1v) is 12.3. The topological polar surface area (TPSA) is 178 Å². The lowest BCUT2D eigenvalue weighted by atomic mass is 9.86. The Morgan fingerprint density at radius 1 is 1.13 bits per heavy atom. The van der Waals surface area contributed by atoms with E-state index >= 15 is 0 Å². The Labute approximate surface area is 218 Å². The number of carbonyl (C=O) groups is 2. The number of hydrogen-bond acceptors (Lipinski definition) is 10. The molecule has 1 aliphatic heterocycles. The Balaban J connectivity index is 1.48. The number of nitrogen functional groups attached to an aromatic ring is 1. The smallest absolute Gasteiger partial charge is 0.233 e. The standard InChI is InChI=1S/C25H29N9O4/c1-15(37)20-21(16-5-7-32(8-6-16)24(38)25(2,11-35)12-36)31-23-18(10-29-34(23)22(20)26)17-3-4-19(28-9-17)33-14-27-13-30-33/h3-4,9-10,13-14,16,35-36H,5-8,11-12,26H2,1-2H3. The highest BCUT2D eigenvalue weighted by atomic mass is 16.3. The summed E-state index contributed by atoms with van der Waals surface area (Å²) in [6, 6.07) is 3.68. The first kappa shape index (κ1) is 25.4. The third-order valence-corrected chi connectivity index (χ3v) is 7.16. The Morgan fingerprint density at radius 3 is 2.45 bits per heavy atom. The number of rotatable bonds is 7. The van der Waals surface area contributed by atoms with Crippen LogP contribution < -0.4 is 5.73 Å². The Kier molecular flexibility index (Phi) is 6.63. The van der Waals surface area contributed by atoms with Gasteiger partial charge >= 0.3 is 0 Å². The van der Waals surface area contributed by atoms with E-state index in [9.17, 15) is 19.8 Å². The summed E-state index contributed by atoms with van der Waals surface area (Å²) >= 11 is 0. The Bertz CT molecular complexity index is 1470. The van der Waals surface area contributed by atoms with Crippen molar-refractivity contribution in [1.29, 1.82) is 0 Å². The van der Waals surface area contributed by atoms with Crippen LogP contribution in [0.15, 0.2) is 37.2 Å². The molecule has 1 aliphatic rings. The lowest BCUT2D eigenvalue weighted by Gasteiger charge is -2.37. The average molecular weight is 520 g/mol. The summed E-state index contributed by atoms with van der Waals surface area (Å²) in [5, 5.41) is 27.7. The number of likely N-dealkylation sites (tertiary alicyclic amines) is 1. The normalized spacial score (nSPS) is 14.8. The van der Waals surface area contributed by atoms with Crippen LogP contribution in [-0.2, 0) is 4.79 Å². The molecule has 13 nitrogen and oxygen atoms in total. The Hall–Kier alpha value is -4.23. The SMILES string of the molecule is CC(=O)c1c(C2CCN(C(=O)C(C)(CO)CO)CC2)nc2c(-c3ccc(-n4cncn4)nc3)cnn2c1N. The highest BCUT2D eigenvalue weighted by Crippen LogP contribution is 2.35. The highest BCUT2D eigenvalue weighted by molar-refractivity contribution is 6.00. The molecule has 0 aliphatic carbocycles. The molecule has 4 N–H and O–H groups in total. The first-order chi connectivity index (χ1) is 18.3. The van der Waals surface area contributed by atoms with E-state index in [0.717, 1.165) is 5.56 Å². The molecule has 1 amide bonds. The predicted octanol–water partition coefficient (Wildman–Crippen LogP) is 0.854. The minimum atomic E-state index is -1.23. The van der Waals surface area contributed by atoms with Gasteiger partial charge in [-0.25, -0.2) is 19.6 Å². The summed E-state index contributed by atoms with van der Waals surface area (Å²) in [5.74, 6) is 0.192. The minimum Gasteiger partial charge on any atom is -0.395 e. The van der Waals surface area contributed by atoms with E-state index in [2.05, 4.69) is 20.2 Å². The van der Waals surface area contributed by atoms with Crippen molar-refractivity contribution in [1.82, 2.24) is 39.2 Å². The zero-order valence-corrected chi connectivity index (χ0v) is 21.2. The van der Waals surface area contributed by atoms with Crippen LogP contribution in [0.25, 0.3) is 22.6 Å². The summed E-state index contributed by atoms with van der Waals surface area (Å²) in [4.78, 5) is 40.5. The van der Waals surface area contributed by atoms with Crippen LogP contribution in [0.3, 0.4) is 0 Å². The van der Waals surface area contributed by atoms with Crippen molar-refractivity contribution in [3.05, 3.63) is 48.4 Å². The number of hydrogen-bond donors (Lipinski definition) is 3. The van der Waals surface area contributed by atoms with E-state index in [0.29, 0.717) is 54.2 Å². The number of anilines is 1. The summed E-state index contributed by atoms with van der Waals surface area (Å²) in [7, 11) is 0. The fourth-order valence-electron chi connectivity index (χ4n) is 4.82. The average Bonchev–Trinajstić information content (AvgIpc) is 3.63. The fraction of sp³-hybridized carbons (Fsp3) is 0.400. The number of pyridine rings is 1. The van der Waals surface area contributed by atoms with Crippen LogP contribution in [0.1, 0.15) is 48.7 Å². The van der Waals surface area contributed by atoms with Crippen molar-refractivity contribution in [2.75, 3.05) is 32.0 Å². The summed E-state index contributed by atoms with van der Waals surface area (Å²) in [6.45, 7) is 2.92. The zero-order valence-electron chi connectivity index (χ0n) is 21.2. The number of piperidine rings is 1. The molecule has 5 rings (SSSR count). The number of carbonyl (C=O) groups excluding carboxylic acids is 2. The van der Waals surface area contributed by atoms with E-state index in [1.807, 2.05) is 6.07 Å². The van der Waals surface area contributed by atoms with Gasteiger partial charge in [0.25, 0.3) is 0 Å². The van der Waals surface area contributed by atoms with Gasteiger partial charge in [-0.15, -0.1) is 0 Å². The van der Waals surface area contributed by atoms with Crippen molar-refractivity contribution >= 4 is 23.2 Å². The van der Waals surface area contributed by atoms with Gasteiger partial charge in [-0.3, -0.25) is 9.59 Å². The van der Waals surface area contributed by atoms with Gasteiger partial charge < -0.3 is 20.8 Å². The molecule has 13 heteroatoms. The molecule has 0 atom stereocenters. The van der Waals surface area contributed by atoms with Crippen LogP contribution in [0, 0.1) is 5.41 Å². The van der Waals surface area contributed by atoms with E-state index < -0.39 is 18.6 Å².